The highest BCUT2D eigenvalue weighted by Crippen LogP contribution is 2.29. The smallest absolute Gasteiger partial charge is 0.467 e. The molecule has 218 valence electrons. The van der Waals surface area contributed by atoms with Gasteiger partial charge in [0.05, 0.1) is 12.0 Å². The maximum absolute atomic E-state index is 12.8. The number of non-ortho nitro benzene ring substituents is 1. The summed E-state index contributed by atoms with van der Waals surface area (Å²) in [6, 6.07) is 9.09. The van der Waals surface area contributed by atoms with Crippen LogP contribution in [0.3, 0.4) is 0 Å². The van der Waals surface area contributed by atoms with Gasteiger partial charge in [-0.3, -0.25) is 14.9 Å². The molecular weight excluding hydrogens is 546 g/mol. The van der Waals surface area contributed by atoms with E-state index >= 15 is 0 Å². The van der Waals surface area contributed by atoms with Crippen molar-refractivity contribution in [2.45, 2.75) is 44.9 Å². The third kappa shape index (κ3) is 9.03. The lowest BCUT2D eigenvalue weighted by molar-refractivity contribution is -0.384. The molecule has 3 rings (SSSR count). The van der Waals surface area contributed by atoms with E-state index < -0.39 is 47.5 Å². The Labute approximate surface area is 233 Å². The maximum atomic E-state index is 12.8. The largest absolute Gasteiger partial charge is 0.514 e. The molecule has 0 N–H and O–H groups in total. The Balaban J connectivity index is 1.73. The van der Waals surface area contributed by atoms with E-state index in [1.54, 1.807) is 0 Å². The lowest BCUT2D eigenvalue weighted by atomic mass is 10.0. The van der Waals surface area contributed by atoms with Crippen LogP contribution in [0, 0.1) is 10.1 Å². The van der Waals surface area contributed by atoms with Crippen LogP contribution >= 0.6 is 0 Å². The van der Waals surface area contributed by atoms with E-state index in [1.807, 2.05) is 0 Å². The van der Waals surface area contributed by atoms with Gasteiger partial charge in [-0.25, -0.2) is 14.4 Å². The van der Waals surface area contributed by atoms with Crippen molar-refractivity contribution in [2.75, 3.05) is 13.7 Å². The van der Waals surface area contributed by atoms with E-state index in [2.05, 4.69) is 6.58 Å². The molecule has 1 heterocycles. The standard InChI is InChI=1S/C27H27NO13/c1-4-11-36-25(30)21-12-17(15-37-27(32)39-19-8-6-18(7-9-19)28(33)34)5-10-22(21)40-24-14-20(38-16(2)29)13-23(41-24)26(31)35-3/h4-10,12,20,23-24H,1,11,13-15H2,2-3H3. The second-order valence-corrected chi connectivity index (χ2v) is 8.51. The Hall–Kier alpha value is -4.98. The Morgan fingerprint density at radius 3 is 2.46 bits per heavy atom. The number of carbonyl (C=O) groups is 4. The van der Waals surface area contributed by atoms with Crippen LogP contribution in [0.15, 0.2) is 55.1 Å². The van der Waals surface area contributed by atoms with E-state index in [0.717, 1.165) is 0 Å². The van der Waals surface area contributed by atoms with Crippen LogP contribution in [0.5, 0.6) is 11.5 Å². The topological polar surface area (TPSA) is 176 Å². The Bertz CT molecular complexity index is 1290. The number of methoxy groups -OCH3 is 1. The summed E-state index contributed by atoms with van der Waals surface area (Å²) in [7, 11) is 1.19. The summed E-state index contributed by atoms with van der Waals surface area (Å²) in [5, 5.41) is 10.8. The molecule has 14 heteroatoms. The highest BCUT2D eigenvalue weighted by molar-refractivity contribution is 5.92. The number of benzene rings is 2. The molecule has 0 aliphatic carbocycles. The SMILES string of the molecule is C=CCOC(=O)c1cc(COC(=O)Oc2ccc([N+](=O)[O-])cc2)ccc1OC1CC(OC(C)=O)CC(C(=O)OC)O1. The van der Waals surface area contributed by atoms with Gasteiger partial charge in [0, 0.05) is 31.9 Å². The third-order valence-electron chi connectivity index (χ3n) is 5.51. The van der Waals surface area contributed by atoms with Crippen molar-refractivity contribution in [3.8, 4) is 11.5 Å². The first kappa shape index (κ1) is 30.6. The zero-order valence-electron chi connectivity index (χ0n) is 22.1. The lowest BCUT2D eigenvalue weighted by Crippen LogP contribution is -2.44. The number of ether oxygens (including phenoxy) is 7. The number of carbonyl (C=O) groups excluding carboxylic acids is 4. The van der Waals surface area contributed by atoms with Crippen LogP contribution in [0.4, 0.5) is 10.5 Å². The molecule has 2 aromatic rings. The van der Waals surface area contributed by atoms with Gasteiger partial charge in [0.2, 0.25) is 6.29 Å². The van der Waals surface area contributed by atoms with Crippen molar-refractivity contribution in [1.82, 2.24) is 0 Å². The number of hydrogen-bond donors (Lipinski definition) is 0. The summed E-state index contributed by atoms with van der Waals surface area (Å²) in [5.74, 6) is -1.97. The van der Waals surface area contributed by atoms with E-state index in [1.165, 1.54) is 62.6 Å². The number of nitro benzene ring substituents is 1. The second kappa shape index (κ2) is 14.4. The molecule has 1 aliphatic rings. The van der Waals surface area contributed by atoms with Crippen LogP contribution < -0.4 is 9.47 Å². The van der Waals surface area contributed by atoms with Gasteiger partial charge < -0.3 is 33.2 Å². The lowest BCUT2D eigenvalue weighted by Gasteiger charge is -2.33. The number of hydrogen-bond acceptors (Lipinski definition) is 13. The Morgan fingerprint density at radius 1 is 1.10 bits per heavy atom. The molecule has 0 saturated carbocycles. The fourth-order valence-electron chi connectivity index (χ4n) is 3.72. The summed E-state index contributed by atoms with van der Waals surface area (Å²) < 4.78 is 36.8. The molecule has 0 amide bonds. The minimum atomic E-state index is -1.10. The summed E-state index contributed by atoms with van der Waals surface area (Å²) in [6.45, 7) is 4.32. The highest BCUT2D eigenvalue weighted by atomic mass is 16.7. The molecule has 0 spiro atoms. The molecule has 0 aromatic heterocycles. The Morgan fingerprint density at radius 2 is 1.83 bits per heavy atom. The van der Waals surface area contributed by atoms with Crippen molar-refractivity contribution in [3.05, 3.63) is 76.4 Å². The summed E-state index contributed by atoms with van der Waals surface area (Å²) in [5.41, 5.74) is 0.132. The van der Waals surface area contributed by atoms with Crippen LogP contribution in [0.2, 0.25) is 0 Å². The first-order valence-corrected chi connectivity index (χ1v) is 12.2. The van der Waals surface area contributed by atoms with Gasteiger partial charge in [-0.2, -0.15) is 0 Å². The molecular formula is C27H27NO13. The first-order valence-electron chi connectivity index (χ1n) is 12.2. The number of rotatable bonds is 11. The predicted molar refractivity (Wildman–Crippen MR) is 137 cm³/mol. The van der Waals surface area contributed by atoms with Crippen LogP contribution in [0.1, 0.15) is 35.7 Å². The minimum Gasteiger partial charge on any atom is -0.467 e. The molecule has 0 bridgehead atoms. The molecule has 0 radical (unpaired) electrons. The first-order chi connectivity index (χ1) is 19.6. The van der Waals surface area contributed by atoms with Crippen molar-refractivity contribution in [2.24, 2.45) is 0 Å². The zero-order valence-corrected chi connectivity index (χ0v) is 22.1. The van der Waals surface area contributed by atoms with Gasteiger partial charge >= 0.3 is 24.1 Å². The zero-order chi connectivity index (χ0) is 29.9. The number of esters is 3. The van der Waals surface area contributed by atoms with Crippen molar-refractivity contribution >= 4 is 29.8 Å². The average molecular weight is 574 g/mol. The van der Waals surface area contributed by atoms with Gasteiger partial charge in [0.1, 0.15) is 36.4 Å². The van der Waals surface area contributed by atoms with Crippen molar-refractivity contribution < 1.29 is 57.3 Å². The fraction of sp³-hybridized carbons (Fsp3) is 0.333. The normalized spacial score (nSPS) is 17.9. The van der Waals surface area contributed by atoms with E-state index in [4.69, 9.17) is 33.2 Å². The maximum Gasteiger partial charge on any atom is 0.514 e. The van der Waals surface area contributed by atoms with Gasteiger partial charge in [-0.15, -0.1) is 0 Å². The summed E-state index contributed by atoms with van der Waals surface area (Å²) in [4.78, 5) is 58.7. The van der Waals surface area contributed by atoms with E-state index in [0.29, 0.717) is 5.56 Å². The summed E-state index contributed by atoms with van der Waals surface area (Å²) >= 11 is 0. The van der Waals surface area contributed by atoms with E-state index in [9.17, 15) is 29.3 Å². The minimum absolute atomic E-state index is 0.0216. The van der Waals surface area contributed by atoms with Crippen molar-refractivity contribution in [3.63, 3.8) is 0 Å². The molecule has 14 nitrogen and oxygen atoms in total. The predicted octanol–water partition coefficient (Wildman–Crippen LogP) is 3.64. The molecule has 2 aromatic carbocycles. The molecule has 1 fully saturated rings. The van der Waals surface area contributed by atoms with Crippen LogP contribution in [-0.4, -0.2) is 61.2 Å². The monoisotopic (exact) mass is 573 g/mol. The molecule has 3 atom stereocenters. The van der Waals surface area contributed by atoms with Gasteiger partial charge in [0.15, 0.2) is 6.10 Å². The summed E-state index contributed by atoms with van der Waals surface area (Å²) in [6.07, 6.45) is -2.47. The number of nitrogens with zero attached hydrogens (tertiary/aromatic N) is 1. The number of nitro groups is 1. The molecule has 3 unspecified atom stereocenters. The van der Waals surface area contributed by atoms with Crippen LogP contribution in [-0.2, 0) is 39.9 Å². The van der Waals surface area contributed by atoms with E-state index in [-0.39, 0.29) is 48.8 Å². The molecule has 1 saturated heterocycles. The quantitative estimate of drug-likeness (QED) is 0.0951. The van der Waals surface area contributed by atoms with Crippen LogP contribution in [0.25, 0.3) is 0 Å². The van der Waals surface area contributed by atoms with Gasteiger partial charge in [-0.05, 0) is 29.8 Å². The molecule has 1 aliphatic heterocycles. The van der Waals surface area contributed by atoms with Gasteiger partial charge in [-0.1, -0.05) is 18.7 Å². The highest BCUT2D eigenvalue weighted by Gasteiger charge is 2.37. The average Bonchev–Trinajstić information content (AvgIpc) is 2.94. The third-order valence-corrected chi connectivity index (χ3v) is 5.51. The Kier molecular flexibility index (Phi) is 10.7. The second-order valence-electron chi connectivity index (χ2n) is 8.51. The van der Waals surface area contributed by atoms with Gasteiger partial charge in [0.25, 0.3) is 5.69 Å². The fourth-order valence-corrected chi connectivity index (χ4v) is 3.72. The molecule has 41 heavy (non-hydrogen) atoms. The van der Waals surface area contributed by atoms with Crippen molar-refractivity contribution in [1.29, 1.82) is 0 Å².